The van der Waals surface area contributed by atoms with E-state index in [9.17, 15) is 19.5 Å². The molecule has 0 aromatic heterocycles. The number of hydrogen-bond donors (Lipinski definition) is 2. The van der Waals surface area contributed by atoms with E-state index >= 15 is 8.78 Å². The SMILES string of the molecule is COc1ccc(CN2C(=O)c3c(C(F)(F)C(=O)c4ccccc4)cc(NC(=O)O)cc3C23CCCCC3)cc1. The molecule has 9 heteroatoms. The highest BCUT2D eigenvalue weighted by atomic mass is 19.3. The first kappa shape index (κ1) is 26.3. The van der Waals surface area contributed by atoms with Crippen LogP contribution in [0, 0.1) is 0 Å². The number of carboxylic acid groups (broad SMARTS) is 1. The van der Waals surface area contributed by atoms with E-state index in [-0.39, 0.29) is 23.4 Å². The number of carbonyl (C=O) groups is 3. The Balaban J connectivity index is 1.68. The molecule has 2 N–H and O–H groups in total. The molecular weight excluding hydrogens is 506 g/mol. The third-order valence-corrected chi connectivity index (χ3v) is 7.71. The minimum atomic E-state index is -4.08. The molecule has 1 heterocycles. The lowest BCUT2D eigenvalue weighted by atomic mass is 9.75. The van der Waals surface area contributed by atoms with E-state index in [1.165, 1.54) is 30.3 Å². The number of halogens is 2. The first-order valence-corrected chi connectivity index (χ1v) is 12.8. The van der Waals surface area contributed by atoms with Crippen LogP contribution in [0.2, 0.25) is 0 Å². The minimum absolute atomic E-state index is 0.110. The summed E-state index contributed by atoms with van der Waals surface area (Å²) in [7, 11) is 1.55. The molecule has 0 radical (unpaired) electrons. The maximum atomic E-state index is 16.1. The van der Waals surface area contributed by atoms with E-state index in [1.807, 2.05) is 12.1 Å². The van der Waals surface area contributed by atoms with E-state index < -0.39 is 34.8 Å². The maximum absolute atomic E-state index is 16.1. The number of rotatable bonds is 7. The van der Waals surface area contributed by atoms with Gasteiger partial charge in [-0.15, -0.1) is 0 Å². The van der Waals surface area contributed by atoms with Gasteiger partial charge in [0, 0.05) is 23.4 Å². The van der Waals surface area contributed by atoms with E-state index in [4.69, 9.17) is 4.74 Å². The van der Waals surface area contributed by atoms with Gasteiger partial charge < -0.3 is 14.7 Å². The Morgan fingerprint density at radius 3 is 2.31 bits per heavy atom. The summed E-state index contributed by atoms with van der Waals surface area (Å²) in [6.45, 7) is 0.164. The summed E-state index contributed by atoms with van der Waals surface area (Å²) >= 11 is 0. The average molecular weight is 535 g/mol. The van der Waals surface area contributed by atoms with Gasteiger partial charge in [0.1, 0.15) is 5.75 Å². The normalized spacial score (nSPS) is 16.2. The van der Waals surface area contributed by atoms with Crippen LogP contribution in [0.25, 0.3) is 0 Å². The molecule has 0 saturated heterocycles. The zero-order valence-corrected chi connectivity index (χ0v) is 21.4. The minimum Gasteiger partial charge on any atom is -0.497 e. The predicted octanol–water partition coefficient (Wildman–Crippen LogP) is 6.58. The molecule has 202 valence electrons. The predicted molar refractivity (Wildman–Crippen MR) is 140 cm³/mol. The molecule has 5 rings (SSSR count). The van der Waals surface area contributed by atoms with Gasteiger partial charge in [-0.2, -0.15) is 8.78 Å². The van der Waals surface area contributed by atoms with Crippen molar-refractivity contribution in [3.05, 3.63) is 94.5 Å². The van der Waals surface area contributed by atoms with Crippen molar-refractivity contribution in [3.63, 3.8) is 0 Å². The third kappa shape index (κ3) is 4.62. The molecule has 1 aliphatic carbocycles. The second-order valence-corrected chi connectivity index (χ2v) is 9.98. The molecule has 3 aromatic rings. The Labute approximate surface area is 224 Å². The van der Waals surface area contributed by atoms with Crippen LogP contribution in [-0.4, -0.2) is 34.9 Å². The van der Waals surface area contributed by atoms with Crippen LogP contribution in [-0.2, 0) is 18.0 Å². The Hall–Kier alpha value is -4.27. The van der Waals surface area contributed by atoms with Crippen LogP contribution in [0.4, 0.5) is 19.3 Å². The fraction of sp³-hybridized carbons (Fsp3) is 0.300. The Morgan fingerprint density at radius 2 is 1.69 bits per heavy atom. The molecular formula is C30H28F2N2O5. The summed E-state index contributed by atoms with van der Waals surface area (Å²) in [5.41, 5.74) is -1.11. The highest BCUT2D eigenvalue weighted by Gasteiger charge is 2.55. The third-order valence-electron chi connectivity index (χ3n) is 7.71. The van der Waals surface area contributed by atoms with Gasteiger partial charge in [-0.05, 0) is 48.2 Å². The number of hydrogen-bond acceptors (Lipinski definition) is 4. The second-order valence-electron chi connectivity index (χ2n) is 9.98. The number of methoxy groups -OCH3 is 1. The maximum Gasteiger partial charge on any atom is 0.409 e. The lowest BCUT2D eigenvalue weighted by Gasteiger charge is -2.42. The van der Waals surface area contributed by atoms with Crippen molar-refractivity contribution in [2.75, 3.05) is 12.4 Å². The molecule has 1 spiro atoms. The van der Waals surface area contributed by atoms with Gasteiger partial charge in [0.25, 0.3) is 5.91 Å². The van der Waals surface area contributed by atoms with E-state index in [0.29, 0.717) is 24.2 Å². The molecule has 0 unspecified atom stereocenters. The van der Waals surface area contributed by atoms with Crippen molar-refractivity contribution < 1.29 is 33.0 Å². The molecule has 39 heavy (non-hydrogen) atoms. The van der Waals surface area contributed by atoms with Crippen molar-refractivity contribution in [2.24, 2.45) is 0 Å². The first-order chi connectivity index (χ1) is 18.7. The van der Waals surface area contributed by atoms with Gasteiger partial charge in [-0.1, -0.05) is 61.7 Å². The van der Waals surface area contributed by atoms with E-state index in [1.54, 1.807) is 30.2 Å². The fourth-order valence-electron chi connectivity index (χ4n) is 5.86. The zero-order chi connectivity index (χ0) is 27.8. The van der Waals surface area contributed by atoms with Crippen LogP contribution in [0.3, 0.4) is 0 Å². The molecule has 3 aromatic carbocycles. The molecule has 0 bridgehead atoms. The highest BCUT2D eigenvalue weighted by molar-refractivity contribution is 6.07. The van der Waals surface area contributed by atoms with Gasteiger partial charge in [-0.25, -0.2) is 4.79 Å². The molecule has 1 saturated carbocycles. The average Bonchev–Trinajstić information content (AvgIpc) is 3.15. The molecule has 2 amide bonds. The summed E-state index contributed by atoms with van der Waals surface area (Å²) in [5, 5.41) is 11.6. The van der Waals surface area contributed by atoms with Gasteiger partial charge in [0.15, 0.2) is 0 Å². The van der Waals surface area contributed by atoms with Crippen molar-refractivity contribution >= 4 is 23.5 Å². The number of anilines is 1. The topological polar surface area (TPSA) is 95.9 Å². The molecule has 1 aliphatic heterocycles. The lowest BCUT2D eigenvalue weighted by Crippen LogP contribution is -2.44. The largest absolute Gasteiger partial charge is 0.497 e. The monoisotopic (exact) mass is 534 g/mol. The van der Waals surface area contributed by atoms with Crippen LogP contribution in [0.5, 0.6) is 5.75 Å². The fourth-order valence-corrected chi connectivity index (χ4v) is 5.86. The number of carbonyl (C=O) groups excluding carboxylic acids is 2. The standard InChI is InChI=1S/C30H28F2N2O5/c1-39-22-12-10-19(11-13-22)18-34-27(36)25-23(29(34)14-6-3-7-15-29)16-21(33-28(37)38)17-24(25)30(31,32)26(35)20-8-4-2-5-9-20/h2,4-5,8-13,16-17,33H,3,6-7,14-15,18H2,1H3,(H,37,38). The first-order valence-electron chi connectivity index (χ1n) is 12.8. The number of amides is 2. The number of alkyl halides is 2. The van der Waals surface area contributed by atoms with Gasteiger partial charge >= 0.3 is 12.0 Å². The van der Waals surface area contributed by atoms with E-state index in [2.05, 4.69) is 5.32 Å². The second kappa shape index (κ2) is 10.1. The summed E-state index contributed by atoms with van der Waals surface area (Å²) in [6, 6.07) is 16.7. The lowest BCUT2D eigenvalue weighted by molar-refractivity contribution is 0.00679. The quantitative estimate of drug-likeness (QED) is 0.334. The van der Waals surface area contributed by atoms with Crippen LogP contribution in [0.15, 0.2) is 66.7 Å². The Kier molecular flexibility index (Phi) is 6.84. The summed E-state index contributed by atoms with van der Waals surface area (Å²) < 4.78 is 37.4. The zero-order valence-electron chi connectivity index (χ0n) is 21.4. The highest BCUT2D eigenvalue weighted by Crippen LogP contribution is 2.53. The molecule has 0 atom stereocenters. The van der Waals surface area contributed by atoms with Crippen molar-refractivity contribution in [1.82, 2.24) is 4.90 Å². The summed E-state index contributed by atoms with van der Waals surface area (Å²) in [4.78, 5) is 40.3. The van der Waals surface area contributed by atoms with Gasteiger partial charge in [0.2, 0.25) is 5.78 Å². The van der Waals surface area contributed by atoms with E-state index in [0.717, 1.165) is 30.9 Å². The van der Waals surface area contributed by atoms with Crippen LogP contribution >= 0.6 is 0 Å². The number of ketones is 1. The van der Waals surface area contributed by atoms with Gasteiger partial charge in [-0.3, -0.25) is 14.9 Å². The van der Waals surface area contributed by atoms with Crippen molar-refractivity contribution in [1.29, 1.82) is 0 Å². The van der Waals surface area contributed by atoms with Crippen LogP contribution in [0.1, 0.15) is 69.5 Å². The number of benzene rings is 3. The smallest absolute Gasteiger partial charge is 0.409 e. The number of ether oxygens (including phenoxy) is 1. The molecule has 7 nitrogen and oxygen atoms in total. The summed E-state index contributed by atoms with van der Waals surface area (Å²) in [5.74, 6) is -5.49. The van der Waals surface area contributed by atoms with Crippen LogP contribution < -0.4 is 10.1 Å². The summed E-state index contributed by atoms with van der Waals surface area (Å²) in [6.07, 6.45) is 2.13. The van der Waals surface area contributed by atoms with Crippen molar-refractivity contribution in [2.45, 2.75) is 50.1 Å². The molecule has 1 fully saturated rings. The molecule has 2 aliphatic rings. The number of nitrogens with one attached hydrogen (secondary N) is 1. The Morgan fingerprint density at radius 1 is 1.03 bits per heavy atom. The Bertz CT molecular complexity index is 1420. The number of nitrogens with zero attached hydrogens (tertiary/aromatic N) is 1. The number of Topliss-reactive ketones (excluding diaryl/α,β-unsaturated/α-hetero) is 1. The number of fused-ring (bicyclic) bond motifs is 2. The van der Waals surface area contributed by atoms with Gasteiger partial charge in [0.05, 0.1) is 18.2 Å². The van der Waals surface area contributed by atoms with Crippen molar-refractivity contribution in [3.8, 4) is 5.75 Å².